The maximum absolute atomic E-state index is 13.7. The first-order chi connectivity index (χ1) is 16.2. The Morgan fingerprint density at radius 1 is 1.15 bits per heavy atom. The fourth-order valence-corrected chi connectivity index (χ4v) is 4.70. The van der Waals surface area contributed by atoms with E-state index in [0.29, 0.717) is 41.2 Å². The van der Waals surface area contributed by atoms with Crippen molar-refractivity contribution >= 4 is 80.7 Å². The molecule has 1 aliphatic rings. The third-order valence-electron chi connectivity index (χ3n) is 5.33. The number of halogens is 4. The van der Waals surface area contributed by atoms with Gasteiger partial charge in [-0.1, -0.05) is 77.3 Å². The van der Waals surface area contributed by atoms with Crippen LogP contribution < -0.4 is 10.2 Å². The Morgan fingerprint density at radius 2 is 1.91 bits per heavy atom. The topological polar surface area (TPSA) is 48.5 Å². The van der Waals surface area contributed by atoms with E-state index in [9.17, 15) is 9.18 Å². The minimum absolute atomic E-state index is 0.369. The fraction of sp³-hybridized carbons (Fsp3) is 0.208. The molecule has 176 valence electrons. The average molecular weight is 538 g/mol. The highest BCUT2D eigenvalue weighted by atomic mass is 35.6. The van der Waals surface area contributed by atoms with E-state index in [4.69, 9.17) is 47.0 Å². The Labute approximate surface area is 217 Å². The molecular formula is C24H20Cl3FN4OS. The summed E-state index contributed by atoms with van der Waals surface area (Å²) in [6, 6.07) is 16.2. The maximum atomic E-state index is 13.7. The second kappa shape index (κ2) is 10.4. The average Bonchev–Trinajstić information content (AvgIpc) is 2.81. The van der Waals surface area contributed by atoms with Crippen molar-refractivity contribution in [3.8, 4) is 0 Å². The molecule has 0 radical (unpaired) electrons. The van der Waals surface area contributed by atoms with E-state index in [-0.39, 0.29) is 0 Å². The molecule has 10 heteroatoms. The first kappa shape index (κ1) is 24.7. The van der Waals surface area contributed by atoms with Gasteiger partial charge >= 0.3 is 0 Å². The van der Waals surface area contributed by atoms with Gasteiger partial charge in [-0.05, 0) is 42.4 Å². The van der Waals surface area contributed by atoms with Gasteiger partial charge in [-0.2, -0.15) is 0 Å². The van der Waals surface area contributed by atoms with Crippen LogP contribution in [0.2, 0.25) is 0 Å². The van der Waals surface area contributed by atoms with E-state index < -0.39 is 21.7 Å². The Hall–Kier alpha value is -2.45. The third-order valence-corrected chi connectivity index (χ3v) is 6.41. The number of nitrogens with zero attached hydrogens (tertiary/aromatic N) is 3. The Balaban J connectivity index is 1.59. The van der Waals surface area contributed by atoms with Crippen LogP contribution in [0.5, 0.6) is 0 Å². The number of nitrogens with one attached hydrogen (secondary N) is 1. The number of fused-ring (bicyclic) bond motifs is 1. The molecule has 0 aliphatic carbocycles. The van der Waals surface area contributed by atoms with Crippen LogP contribution in [0.25, 0.3) is 17.0 Å². The lowest BCUT2D eigenvalue weighted by Gasteiger charge is -2.44. The summed E-state index contributed by atoms with van der Waals surface area (Å²) < 4.78 is 11.8. The van der Waals surface area contributed by atoms with Crippen molar-refractivity contribution in [1.82, 2.24) is 15.2 Å². The minimum atomic E-state index is -1.86. The first-order valence-corrected chi connectivity index (χ1v) is 12.0. The summed E-state index contributed by atoms with van der Waals surface area (Å²) in [4.78, 5) is 20.5. The number of para-hydroxylation sites is 1. The lowest BCUT2D eigenvalue weighted by Crippen LogP contribution is -2.62. The van der Waals surface area contributed by atoms with E-state index in [2.05, 4.69) is 10.3 Å². The maximum Gasteiger partial charge on any atom is 0.245 e. The fourth-order valence-electron chi connectivity index (χ4n) is 3.80. The van der Waals surface area contributed by atoms with Crippen molar-refractivity contribution in [2.75, 3.05) is 18.0 Å². The molecule has 2 aromatic carbocycles. The predicted octanol–water partition coefficient (Wildman–Crippen LogP) is 5.70. The lowest BCUT2D eigenvalue weighted by molar-refractivity contribution is -0.117. The number of alkyl halides is 3. The zero-order chi connectivity index (χ0) is 24.3. The van der Waals surface area contributed by atoms with Gasteiger partial charge in [-0.15, -0.1) is 0 Å². The summed E-state index contributed by atoms with van der Waals surface area (Å²) in [7, 11) is 0. The van der Waals surface area contributed by atoms with Gasteiger partial charge in [0.05, 0.1) is 17.4 Å². The number of carbonyl (C=O) groups excluding carboxylic acids is 1. The van der Waals surface area contributed by atoms with Gasteiger partial charge < -0.3 is 15.1 Å². The molecule has 1 aliphatic heterocycles. The molecular weight excluding hydrogens is 518 g/mol. The number of benzene rings is 2. The Morgan fingerprint density at radius 3 is 2.65 bits per heavy atom. The highest BCUT2D eigenvalue weighted by Crippen LogP contribution is 2.35. The van der Waals surface area contributed by atoms with E-state index >= 15 is 0 Å². The molecule has 1 fully saturated rings. The summed E-state index contributed by atoms with van der Waals surface area (Å²) in [6.07, 6.45) is 3.89. The molecule has 5 nitrogen and oxygen atoms in total. The van der Waals surface area contributed by atoms with E-state index in [1.807, 2.05) is 47.4 Å². The Kier molecular flexibility index (Phi) is 7.57. The molecule has 1 aromatic heterocycles. The number of anilines is 1. The smallest absolute Gasteiger partial charge is 0.245 e. The Bertz CT molecular complexity index is 1240. The van der Waals surface area contributed by atoms with Gasteiger partial charge in [0.1, 0.15) is 5.82 Å². The van der Waals surface area contributed by atoms with Crippen LogP contribution in [-0.2, 0) is 4.79 Å². The van der Waals surface area contributed by atoms with Gasteiger partial charge in [0.15, 0.2) is 11.3 Å². The van der Waals surface area contributed by atoms with Crippen LogP contribution in [0.4, 0.5) is 10.1 Å². The molecule has 0 bridgehead atoms. The number of hydrogen-bond donors (Lipinski definition) is 1. The first-order valence-electron chi connectivity index (χ1n) is 10.5. The lowest BCUT2D eigenvalue weighted by atomic mass is 10.1. The highest BCUT2D eigenvalue weighted by Gasteiger charge is 2.42. The summed E-state index contributed by atoms with van der Waals surface area (Å²) in [6.45, 7) is 1.07. The molecule has 1 unspecified atom stereocenters. The molecule has 2 heterocycles. The third kappa shape index (κ3) is 5.61. The number of aromatic nitrogens is 1. The number of rotatable bonds is 5. The number of carbonyl (C=O) groups is 1. The van der Waals surface area contributed by atoms with Crippen LogP contribution in [0.3, 0.4) is 0 Å². The molecule has 1 saturated heterocycles. The zero-order valence-corrected chi connectivity index (χ0v) is 20.9. The summed E-state index contributed by atoms with van der Waals surface area (Å²) >= 11 is 24.6. The second-order valence-corrected chi connectivity index (χ2v) is 10.4. The van der Waals surface area contributed by atoms with E-state index in [1.165, 1.54) is 18.3 Å². The zero-order valence-electron chi connectivity index (χ0n) is 17.8. The SMILES string of the molecule is O=C(/C=C/c1ccccc1)NC(N1CCCN(c2cccc3cc(F)cnc23)C1=S)C(Cl)(Cl)Cl. The monoisotopic (exact) mass is 536 g/mol. The van der Waals surface area contributed by atoms with Gasteiger partial charge in [-0.25, -0.2) is 4.39 Å². The number of amides is 1. The summed E-state index contributed by atoms with van der Waals surface area (Å²) in [5, 5.41) is 3.79. The largest absolute Gasteiger partial charge is 0.328 e. The van der Waals surface area contributed by atoms with Gasteiger partial charge in [0.25, 0.3) is 0 Å². The number of thiocarbonyl (C=S) groups is 1. The second-order valence-electron chi connectivity index (χ2n) is 7.68. The van der Waals surface area contributed by atoms with Crippen LogP contribution in [0.1, 0.15) is 12.0 Å². The van der Waals surface area contributed by atoms with Crippen molar-refractivity contribution < 1.29 is 9.18 Å². The van der Waals surface area contributed by atoms with Crippen LogP contribution in [-0.4, -0.2) is 44.0 Å². The van der Waals surface area contributed by atoms with E-state index in [0.717, 1.165) is 5.56 Å². The normalized spacial score (nSPS) is 15.7. The van der Waals surface area contributed by atoms with Crippen LogP contribution in [0, 0.1) is 5.82 Å². The van der Waals surface area contributed by atoms with Gasteiger partial charge in [-0.3, -0.25) is 9.78 Å². The molecule has 1 atom stereocenters. The summed E-state index contributed by atoms with van der Waals surface area (Å²) in [5.74, 6) is -0.850. The standard InChI is InChI=1S/C24H20Cl3FN4OS/c25-24(26,27)22(30-20(33)11-10-16-6-2-1-3-7-16)32-13-5-12-31(23(32)34)19-9-4-8-17-14-18(28)15-29-21(17)19/h1-4,6-11,14-15,22H,5,12-13H2,(H,30,33)/b11-10+. The number of hydrogen-bond acceptors (Lipinski definition) is 3. The molecule has 4 rings (SSSR count). The van der Waals surface area contributed by atoms with Crippen LogP contribution >= 0.6 is 47.0 Å². The van der Waals surface area contributed by atoms with Crippen molar-refractivity contribution in [1.29, 1.82) is 0 Å². The quantitative estimate of drug-likeness (QED) is 0.257. The molecule has 1 N–H and O–H groups in total. The van der Waals surface area contributed by atoms with Gasteiger partial charge in [0, 0.05) is 24.6 Å². The van der Waals surface area contributed by atoms with Gasteiger partial charge in [0.2, 0.25) is 9.70 Å². The number of pyridine rings is 1. The van der Waals surface area contributed by atoms with Crippen molar-refractivity contribution in [2.45, 2.75) is 16.4 Å². The van der Waals surface area contributed by atoms with Crippen molar-refractivity contribution in [2.24, 2.45) is 0 Å². The van der Waals surface area contributed by atoms with Crippen LogP contribution in [0.15, 0.2) is 66.9 Å². The summed E-state index contributed by atoms with van der Waals surface area (Å²) in [5.41, 5.74) is 2.18. The highest BCUT2D eigenvalue weighted by molar-refractivity contribution is 7.80. The molecule has 0 spiro atoms. The van der Waals surface area contributed by atoms with E-state index in [1.54, 1.807) is 17.0 Å². The molecule has 0 saturated carbocycles. The molecule has 34 heavy (non-hydrogen) atoms. The van der Waals surface area contributed by atoms with Crippen molar-refractivity contribution in [3.05, 3.63) is 78.3 Å². The molecule has 1 amide bonds. The van der Waals surface area contributed by atoms with Crippen molar-refractivity contribution in [3.63, 3.8) is 0 Å². The predicted molar refractivity (Wildman–Crippen MR) is 141 cm³/mol. The minimum Gasteiger partial charge on any atom is -0.328 e. The molecule has 3 aromatic rings.